The van der Waals surface area contributed by atoms with Gasteiger partial charge in [-0.1, -0.05) is 11.6 Å². The molecule has 0 bridgehead atoms. The molecule has 1 aliphatic rings. The molecule has 0 saturated heterocycles. The number of nitrogens with two attached hydrogens (primary N) is 1. The number of rotatable bonds is 2. The van der Waals surface area contributed by atoms with E-state index in [1.54, 1.807) is 16.8 Å². The molecule has 1 aliphatic heterocycles. The third-order valence-electron chi connectivity index (χ3n) is 3.17. The van der Waals surface area contributed by atoms with Crippen LogP contribution in [0, 0.1) is 0 Å². The van der Waals surface area contributed by atoms with Gasteiger partial charge >= 0.3 is 0 Å². The molecular weight excluding hydrogens is 264 g/mol. The van der Waals surface area contributed by atoms with Crippen LogP contribution in [0.1, 0.15) is 11.1 Å². The average Bonchev–Trinajstić information content (AvgIpc) is 2.82. The quantitative estimate of drug-likeness (QED) is 0.913. The number of nitrogens with zero attached hydrogens (tertiary/aromatic N) is 1. The zero-order chi connectivity index (χ0) is 13.4. The van der Waals surface area contributed by atoms with Crippen molar-refractivity contribution in [1.82, 2.24) is 4.57 Å². The van der Waals surface area contributed by atoms with Gasteiger partial charge in [0, 0.05) is 35.0 Å². The summed E-state index contributed by atoms with van der Waals surface area (Å²) >= 11 is 6.10. The Morgan fingerprint density at radius 1 is 1.37 bits per heavy atom. The molecule has 2 aromatic rings. The van der Waals surface area contributed by atoms with Crippen molar-refractivity contribution in [2.75, 3.05) is 12.3 Å². The average molecular weight is 277 g/mol. The minimum absolute atomic E-state index is 0.0964. The second kappa shape index (κ2) is 4.63. The van der Waals surface area contributed by atoms with Gasteiger partial charge in [-0.05, 0) is 23.8 Å². The molecule has 0 radical (unpaired) electrons. The van der Waals surface area contributed by atoms with Crippen LogP contribution in [0.3, 0.4) is 0 Å². The molecule has 98 valence electrons. The Morgan fingerprint density at radius 3 is 3.05 bits per heavy atom. The first-order valence-electron chi connectivity index (χ1n) is 6.03. The predicted molar refractivity (Wildman–Crippen MR) is 74.9 cm³/mol. The fraction of sp³-hybridized carbons (Fsp3) is 0.214. The van der Waals surface area contributed by atoms with E-state index in [0.29, 0.717) is 23.9 Å². The number of halogens is 1. The van der Waals surface area contributed by atoms with E-state index >= 15 is 0 Å². The van der Waals surface area contributed by atoms with Gasteiger partial charge < -0.3 is 15.0 Å². The zero-order valence-electron chi connectivity index (χ0n) is 10.2. The van der Waals surface area contributed by atoms with Crippen LogP contribution in [0.2, 0.25) is 5.02 Å². The van der Waals surface area contributed by atoms with Gasteiger partial charge in [0.2, 0.25) is 0 Å². The van der Waals surface area contributed by atoms with Gasteiger partial charge in [0.15, 0.2) is 0 Å². The maximum atomic E-state index is 11.8. The third-order valence-corrected chi connectivity index (χ3v) is 3.39. The summed E-state index contributed by atoms with van der Waals surface area (Å²) in [5.41, 5.74) is 8.17. The van der Waals surface area contributed by atoms with Crippen molar-refractivity contribution in [2.45, 2.75) is 13.0 Å². The number of nitrogen functional groups attached to an aromatic ring is 1. The van der Waals surface area contributed by atoms with Gasteiger partial charge in [-0.3, -0.25) is 4.79 Å². The normalized spacial score (nSPS) is 13.1. The molecule has 1 aromatic carbocycles. The Morgan fingerprint density at radius 2 is 2.21 bits per heavy atom. The summed E-state index contributed by atoms with van der Waals surface area (Å²) in [5, 5.41) is 0.663. The number of fused-ring (bicyclic) bond motifs is 1. The fourth-order valence-electron chi connectivity index (χ4n) is 2.32. The molecule has 5 heteroatoms. The summed E-state index contributed by atoms with van der Waals surface area (Å²) in [4.78, 5) is 11.8. The highest BCUT2D eigenvalue weighted by Crippen LogP contribution is 2.33. The summed E-state index contributed by atoms with van der Waals surface area (Å²) in [6.45, 7) is 1.07. The molecular formula is C14H13ClN2O2. The topological polar surface area (TPSA) is 57.2 Å². The van der Waals surface area contributed by atoms with Crippen molar-refractivity contribution in [3.8, 4) is 5.75 Å². The van der Waals surface area contributed by atoms with E-state index in [9.17, 15) is 4.79 Å². The second-order valence-electron chi connectivity index (χ2n) is 4.58. The Bertz CT molecular complexity index is 694. The predicted octanol–water partition coefficient (Wildman–Crippen LogP) is 2.07. The van der Waals surface area contributed by atoms with Crippen LogP contribution in [-0.2, 0) is 13.0 Å². The van der Waals surface area contributed by atoms with Crippen LogP contribution in [0.4, 0.5) is 5.69 Å². The van der Waals surface area contributed by atoms with Crippen molar-refractivity contribution in [2.24, 2.45) is 0 Å². The van der Waals surface area contributed by atoms with Crippen LogP contribution in [0.15, 0.2) is 35.3 Å². The molecule has 0 atom stereocenters. The zero-order valence-corrected chi connectivity index (χ0v) is 11.0. The van der Waals surface area contributed by atoms with Gasteiger partial charge in [0.05, 0.1) is 13.2 Å². The molecule has 0 aliphatic carbocycles. The lowest BCUT2D eigenvalue weighted by atomic mass is 10.1. The smallest absolute Gasteiger partial charge is 0.250 e. The number of hydrogen-bond donors (Lipinski definition) is 1. The van der Waals surface area contributed by atoms with Gasteiger partial charge in [-0.25, -0.2) is 0 Å². The first kappa shape index (κ1) is 12.1. The van der Waals surface area contributed by atoms with Gasteiger partial charge in [-0.15, -0.1) is 0 Å². The van der Waals surface area contributed by atoms with Crippen LogP contribution < -0.4 is 16.0 Å². The van der Waals surface area contributed by atoms with Crippen LogP contribution in [-0.4, -0.2) is 11.2 Å². The van der Waals surface area contributed by atoms with Crippen LogP contribution >= 0.6 is 11.6 Å². The molecule has 2 N–H and O–H groups in total. The van der Waals surface area contributed by atoms with Crippen molar-refractivity contribution < 1.29 is 4.74 Å². The van der Waals surface area contributed by atoms with E-state index in [-0.39, 0.29) is 5.56 Å². The molecule has 0 spiro atoms. The monoisotopic (exact) mass is 276 g/mol. The molecule has 0 unspecified atom stereocenters. The Hall–Kier alpha value is -1.94. The summed E-state index contributed by atoms with van der Waals surface area (Å²) in [6.07, 6.45) is 2.49. The number of anilines is 1. The number of benzene rings is 1. The van der Waals surface area contributed by atoms with E-state index in [1.807, 2.05) is 12.1 Å². The molecule has 0 saturated carbocycles. The number of ether oxygens (including phenoxy) is 1. The first-order chi connectivity index (χ1) is 9.13. The van der Waals surface area contributed by atoms with Gasteiger partial charge in [0.1, 0.15) is 5.75 Å². The largest absolute Gasteiger partial charge is 0.493 e. The Balaban J connectivity index is 2.04. The molecule has 19 heavy (non-hydrogen) atoms. The first-order valence-corrected chi connectivity index (χ1v) is 6.41. The van der Waals surface area contributed by atoms with Gasteiger partial charge in [0.25, 0.3) is 5.56 Å². The van der Waals surface area contributed by atoms with Crippen molar-refractivity contribution in [3.63, 3.8) is 0 Å². The molecule has 1 aromatic heterocycles. The van der Waals surface area contributed by atoms with Crippen molar-refractivity contribution in [3.05, 3.63) is 57.0 Å². The van der Waals surface area contributed by atoms with Crippen LogP contribution in [0.5, 0.6) is 5.75 Å². The van der Waals surface area contributed by atoms with E-state index in [1.165, 1.54) is 6.07 Å². The second-order valence-corrected chi connectivity index (χ2v) is 5.02. The summed E-state index contributed by atoms with van der Waals surface area (Å²) < 4.78 is 7.18. The molecule has 0 amide bonds. The lowest BCUT2D eigenvalue weighted by molar-refractivity contribution is 0.352. The highest BCUT2D eigenvalue weighted by Gasteiger charge is 2.18. The van der Waals surface area contributed by atoms with E-state index < -0.39 is 0 Å². The number of pyridine rings is 1. The molecule has 0 fully saturated rings. The molecule has 3 rings (SSSR count). The van der Waals surface area contributed by atoms with Gasteiger partial charge in [-0.2, -0.15) is 0 Å². The highest BCUT2D eigenvalue weighted by molar-refractivity contribution is 6.30. The minimum atomic E-state index is -0.0964. The number of aromatic nitrogens is 1. The maximum absolute atomic E-state index is 11.8. The van der Waals surface area contributed by atoms with E-state index in [4.69, 9.17) is 22.1 Å². The van der Waals surface area contributed by atoms with Crippen molar-refractivity contribution in [1.29, 1.82) is 0 Å². The lowest BCUT2D eigenvalue weighted by Gasteiger charge is -2.11. The fourth-order valence-corrected chi connectivity index (χ4v) is 2.58. The SMILES string of the molecule is Nc1ccc(=O)n(Cc2cc(Cl)cc3c2OCC3)c1. The Kier molecular flexibility index (Phi) is 2.95. The molecule has 2 heterocycles. The molecule has 4 nitrogen and oxygen atoms in total. The van der Waals surface area contributed by atoms with Crippen molar-refractivity contribution >= 4 is 17.3 Å². The standard InChI is InChI=1S/C14H13ClN2O2/c15-11-5-9-3-4-19-14(9)10(6-11)7-17-8-12(16)1-2-13(17)18/h1-2,5-6,8H,3-4,7,16H2. The lowest BCUT2D eigenvalue weighted by Crippen LogP contribution is -2.19. The van der Waals surface area contributed by atoms with Crippen LogP contribution in [0.25, 0.3) is 0 Å². The number of hydrogen-bond acceptors (Lipinski definition) is 3. The summed E-state index contributed by atoms with van der Waals surface area (Å²) in [6, 6.07) is 6.80. The summed E-state index contributed by atoms with van der Waals surface area (Å²) in [7, 11) is 0. The maximum Gasteiger partial charge on any atom is 0.250 e. The Labute approximate surface area is 115 Å². The van der Waals surface area contributed by atoms with E-state index in [2.05, 4.69) is 0 Å². The van der Waals surface area contributed by atoms with E-state index in [0.717, 1.165) is 23.3 Å². The third kappa shape index (κ3) is 2.31. The minimum Gasteiger partial charge on any atom is -0.493 e. The highest BCUT2D eigenvalue weighted by atomic mass is 35.5. The summed E-state index contributed by atoms with van der Waals surface area (Å²) in [5.74, 6) is 0.846.